The highest BCUT2D eigenvalue weighted by Crippen LogP contribution is 2.09. The fourth-order valence-corrected chi connectivity index (χ4v) is 1.28. The van der Waals surface area contributed by atoms with E-state index in [9.17, 15) is 9.59 Å². The number of carboxylic acids is 1. The van der Waals surface area contributed by atoms with Crippen LogP contribution in [0.1, 0.15) is 33.1 Å². The minimum absolute atomic E-state index is 0.158. The molecule has 0 heterocycles. The predicted molar refractivity (Wildman–Crippen MR) is 61.9 cm³/mol. The van der Waals surface area contributed by atoms with E-state index < -0.39 is 5.97 Å². The molecule has 5 heteroatoms. The van der Waals surface area contributed by atoms with E-state index in [1.807, 2.05) is 6.92 Å². The Morgan fingerprint density at radius 3 is 2.44 bits per heavy atom. The lowest BCUT2D eigenvalue weighted by Gasteiger charge is -2.12. The van der Waals surface area contributed by atoms with Crippen LogP contribution >= 0.6 is 0 Å². The maximum absolute atomic E-state index is 10.7. The molecule has 0 fully saturated rings. The summed E-state index contributed by atoms with van der Waals surface area (Å²) in [5.74, 6) is -0.824. The van der Waals surface area contributed by atoms with Gasteiger partial charge in [-0.05, 0) is 25.3 Å². The van der Waals surface area contributed by atoms with Gasteiger partial charge in [-0.15, -0.1) is 0 Å². The van der Waals surface area contributed by atoms with Crippen LogP contribution in [0.5, 0.6) is 0 Å². The number of primary amides is 1. The first-order valence-electron chi connectivity index (χ1n) is 5.65. The molecule has 0 aromatic carbocycles. The van der Waals surface area contributed by atoms with Gasteiger partial charge >= 0.3 is 5.97 Å². The first-order valence-corrected chi connectivity index (χ1v) is 5.65. The van der Waals surface area contributed by atoms with Gasteiger partial charge in [-0.25, -0.2) is 0 Å². The molecule has 1 amide bonds. The second kappa shape index (κ2) is 8.10. The number of amides is 1. The molecule has 4 N–H and O–H groups in total. The summed E-state index contributed by atoms with van der Waals surface area (Å²) in [6.45, 7) is 5.19. The van der Waals surface area contributed by atoms with Crippen molar-refractivity contribution in [2.24, 2.45) is 17.6 Å². The third kappa shape index (κ3) is 8.23. The van der Waals surface area contributed by atoms with Gasteiger partial charge in [0.2, 0.25) is 5.91 Å². The molecule has 94 valence electrons. The summed E-state index contributed by atoms with van der Waals surface area (Å²) in [6.07, 6.45) is 1.83. The molecule has 0 bridgehead atoms. The molecule has 0 saturated heterocycles. The van der Waals surface area contributed by atoms with Crippen molar-refractivity contribution in [1.29, 1.82) is 0 Å². The van der Waals surface area contributed by atoms with Crippen molar-refractivity contribution in [2.45, 2.75) is 33.1 Å². The van der Waals surface area contributed by atoms with Crippen molar-refractivity contribution in [1.82, 2.24) is 5.32 Å². The highest BCUT2D eigenvalue weighted by Gasteiger charge is 2.08. The third-order valence-electron chi connectivity index (χ3n) is 2.60. The summed E-state index contributed by atoms with van der Waals surface area (Å²) < 4.78 is 0. The minimum atomic E-state index is -0.748. The van der Waals surface area contributed by atoms with Gasteiger partial charge in [-0.1, -0.05) is 13.8 Å². The monoisotopic (exact) mass is 230 g/mol. The Kier molecular flexibility index (Phi) is 7.54. The van der Waals surface area contributed by atoms with Gasteiger partial charge in [-0.3, -0.25) is 9.59 Å². The molecule has 0 aliphatic carbocycles. The number of carboxylic acid groups (broad SMARTS) is 1. The van der Waals surface area contributed by atoms with E-state index in [0.29, 0.717) is 18.9 Å². The van der Waals surface area contributed by atoms with Gasteiger partial charge in [0.05, 0.1) is 0 Å². The second-order valence-electron chi connectivity index (χ2n) is 4.33. The number of hydrogen-bond donors (Lipinski definition) is 3. The van der Waals surface area contributed by atoms with Gasteiger partial charge in [0.15, 0.2) is 0 Å². The Bertz CT molecular complexity index is 231. The van der Waals surface area contributed by atoms with Crippen LogP contribution in [0.2, 0.25) is 0 Å². The van der Waals surface area contributed by atoms with E-state index in [0.717, 1.165) is 13.0 Å². The number of nitrogens with two attached hydrogens (primary N) is 1. The number of rotatable bonds is 9. The number of hydrogen-bond acceptors (Lipinski definition) is 3. The third-order valence-corrected chi connectivity index (χ3v) is 2.60. The average molecular weight is 230 g/mol. The molecule has 0 aliphatic rings. The summed E-state index contributed by atoms with van der Waals surface area (Å²) >= 11 is 0. The van der Waals surface area contributed by atoms with Crippen molar-refractivity contribution < 1.29 is 14.7 Å². The minimum Gasteiger partial charge on any atom is -0.481 e. The molecule has 0 aromatic heterocycles. The Hall–Kier alpha value is -1.10. The molecule has 16 heavy (non-hydrogen) atoms. The van der Waals surface area contributed by atoms with Crippen LogP contribution in [0.3, 0.4) is 0 Å². The SMILES string of the molecule is CC(CCNCC(C)C(N)=O)CCC(=O)O. The lowest BCUT2D eigenvalue weighted by Crippen LogP contribution is -2.31. The Morgan fingerprint density at radius 1 is 1.31 bits per heavy atom. The first-order chi connectivity index (χ1) is 7.43. The van der Waals surface area contributed by atoms with Gasteiger partial charge in [-0.2, -0.15) is 0 Å². The van der Waals surface area contributed by atoms with Crippen molar-refractivity contribution in [3.05, 3.63) is 0 Å². The van der Waals surface area contributed by atoms with Crippen molar-refractivity contribution >= 4 is 11.9 Å². The van der Waals surface area contributed by atoms with Crippen LogP contribution in [0.15, 0.2) is 0 Å². The second-order valence-corrected chi connectivity index (χ2v) is 4.33. The zero-order valence-corrected chi connectivity index (χ0v) is 10.0. The normalized spacial score (nSPS) is 14.4. The molecule has 0 radical (unpaired) electrons. The van der Waals surface area contributed by atoms with Crippen LogP contribution in [0, 0.1) is 11.8 Å². The fourth-order valence-electron chi connectivity index (χ4n) is 1.28. The average Bonchev–Trinajstić information content (AvgIpc) is 2.20. The molecule has 5 nitrogen and oxygen atoms in total. The molecular formula is C11H22N2O3. The maximum Gasteiger partial charge on any atom is 0.303 e. The Morgan fingerprint density at radius 2 is 1.94 bits per heavy atom. The standard InChI is InChI=1S/C11H22N2O3/c1-8(3-4-10(14)15)5-6-13-7-9(2)11(12)16/h8-9,13H,3-7H2,1-2H3,(H2,12,16)(H,14,15). The van der Waals surface area contributed by atoms with Gasteiger partial charge < -0.3 is 16.2 Å². The smallest absolute Gasteiger partial charge is 0.303 e. The summed E-state index contributed by atoms with van der Waals surface area (Å²) in [5, 5.41) is 11.6. The van der Waals surface area contributed by atoms with E-state index in [-0.39, 0.29) is 18.2 Å². The summed E-state index contributed by atoms with van der Waals surface area (Å²) in [5.41, 5.74) is 5.11. The first kappa shape index (κ1) is 14.9. The Labute approximate surface area is 96.4 Å². The highest BCUT2D eigenvalue weighted by atomic mass is 16.4. The lowest BCUT2D eigenvalue weighted by atomic mass is 10.0. The van der Waals surface area contributed by atoms with Crippen molar-refractivity contribution in [2.75, 3.05) is 13.1 Å². The van der Waals surface area contributed by atoms with Crippen LogP contribution in [-0.2, 0) is 9.59 Å². The summed E-state index contributed by atoms with van der Waals surface area (Å²) in [7, 11) is 0. The number of carbonyl (C=O) groups is 2. The molecule has 2 atom stereocenters. The topological polar surface area (TPSA) is 92.4 Å². The summed E-state index contributed by atoms with van der Waals surface area (Å²) in [4.78, 5) is 21.1. The van der Waals surface area contributed by atoms with Crippen molar-refractivity contribution in [3.63, 3.8) is 0 Å². The van der Waals surface area contributed by atoms with E-state index in [4.69, 9.17) is 10.8 Å². The Balaban J connectivity index is 3.44. The van der Waals surface area contributed by atoms with Crippen LogP contribution in [-0.4, -0.2) is 30.1 Å². The fraction of sp³-hybridized carbons (Fsp3) is 0.818. The quantitative estimate of drug-likeness (QED) is 0.505. The van der Waals surface area contributed by atoms with Gasteiger partial charge in [0.25, 0.3) is 0 Å². The zero-order valence-electron chi connectivity index (χ0n) is 10.0. The molecule has 0 saturated carbocycles. The van der Waals surface area contributed by atoms with Crippen LogP contribution in [0.25, 0.3) is 0 Å². The molecule has 0 aliphatic heterocycles. The molecule has 2 unspecified atom stereocenters. The van der Waals surface area contributed by atoms with E-state index in [1.165, 1.54) is 0 Å². The van der Waals surface area contributed by atoms with Gasteiger partial charge in [0.1, 0.15) is 0 Å². The van der Waals surface area contributed by atoms with Crippen LogP contribution in [0.4, 0.5) is 0 Å². The molecule has 0 rings (SSSR count). The number of nitrogens with one attached hydrogen (secondary N) is 1. The van der Waals surface area contributed by atoms with Crippen LogP contribution < -0.4 is 11.1 Å². The number of carbonyl (C=O) groups excluding carboxylic acids is 1. The largest absolute Gasteiger partial charge is 0.481 e. The molecule has 0 spiro atoms. The van der Waals surface area contributed by atoms with E-state index in [2.05, 4.69) is 5.32 Å². The lowest BCUT2D eigenvalue weighted by molar-refractivity contribution is -0.137. The highest BCUT2D eigenvalue weighted by molar-refractivity contribution is 5.76. The van der Waals surface area contributed by atoms with E-state index >= 15 is 0 Å². The predicted octanol–water partition coefficient (Wildman–Crippen LogP) is 0.588. The van der Waals surface area contributed by atoms with E-state index in [1.54, 1.807) is 6.92 Å². The van der Waals surface area contributed by atoms with Gasteiger partial charge in [0, 0.05) is 18.9 Å². The van der Waals surface area contributed by atoms with Crippen molar-refractivity contribution in [3.8, 4) is 0 Å². The molecule has 0 aromatic rings. The summed E-state index contributed by atoms with van der Waals surface area (Å²) in [6, 6.07) is 0. The zero-order chi connectivity index (χ0) is 12.6. The number of aliphatic carboxylic acids is 1. The molecular weight excluding hydrogens is 208 g/mol. The maximum atomic E-state index is 10.7.